The van der Waals surface area contributed by atoms with E-state index in [0.29, 0.717) is 5.02 Å². The van der Waals surface area contributed by atoms with E-state index in [9.17, 15) is 22.0 Å². The second-order valence-electron chi connectivity index (χ2n) is 6.83. The first-order chi connectivity index (χ1) is 12.8. The Hall–Kier alpha value is -1.99. The quantitative estimate of drug-likeness (QED) is 0.746. The van der Waals surface area contributed by atoms with E-state index in [0.717, 1.165) is 12.1 Å². The summed E-state index contributed by atoms with van der Waals surface area (Å²) in [5.74, 6) is -3.00. The van der Waals surface area contributed by atoms with Crippen molar-refractivity contribution in [2.45, 2.75) is 28.9 Å². The number of halogens is 3. The highest BCUT2D eigenvalue weighted by Gasteiger charge is 2.59. The van der Waals surface area contributed by atoms with Crippen LogP contribution in [-0.2, 0) is 19.4 Å². The molecule has 2 atom stereocenters. The molecule has 4 nitrogen and oxygen atoms in total. The normalized spacial score (nSPS) is 24.7. The van der Waals surface area contributed by atoms with Crippen molar-refractivity contribution in [3.05, 3.63) is 58.6 Å². The number of carbonyl (C=O) groups is 1. The monoisotopic (exact) mass is 412 g/mol. The number of hydrogen-bond donors (Lipinski definition) is 0. The van der Waals surface area contributed by atoms with E-state index < -0.39 is 37.9 Å². The van der Waals surface area contributed by atoms with Crippen LogP contribution >= 0.6 is 11.6 Å². The molecule has 4 rings (SSSR count). The SMILES string of the molecule is O=C1CC[C@]2(S(=O)(=O)c3ccc(Cl)cc3)c3c(F)ccc(F)c3OC[C@@H]2C1. The molecule has 0 unspecified atom stereocenters. The Morgan fingerprint density at radius 1 is 1.07 bits per heavy atom. The largest absolute Gasteiger partial charge is 0.490 e. The first kappa shape index (κ1) is 18.4. The Morgan fingerprint density at radius 3 is 2.44 bits per heavy atom. The lowest BCUT2D eigenvalue weighted by Gasteiger charge is -2.46. The van der Waals surface area contributed by atoms with E-state index in [4.69, 9.17) is 16.3 Å². The summed E-state index contributed by atoms with van der Waals surface area (Å²) in [4.78, 5) is 11.9. The minimum atomic E-state index is -4.17. The zero-order valence-electron chi connectivity index (χ0n) is 14.0. The summed E-state index contributed by atoms with van der Waals surface area (Å²) in [6, 6.07) is 7.34. The van der Waals surface area contributed by atoms with Gasteiger partial charge in [-0.25, -0.2) is 17.2 Å². The van der Waals surface area contributed by atoms with Gasteiger partial charge in [0.15, 0.2) is 21.4 Å². The van der Waals surface area contributed by atoms with E-state index in [1.54, 1.807) is 0 Å². The van der Waals surface area contributed by atoms with Crippen LogP contribution in [0.5, 0.6) is 5.75 Å². The Labute approximate surface area is 160 Å². The molecule has 0 aromatic heterocycles. The minimum absolute atomic E-state index is 0.0291. The standard InChI is InChI=1S/C19H15ClF2O4S/c20-12-1-3-14(4-2-12)27(24,25)19-8-7-13(23)9-11(19)10-26-18-16(22)6-5-15(21)17(18)19/h1-6,11H,7-10H2/t11-,19+/m0/s1. The molecule has 0 N–H and O–H groups in total. The van der Waals surface area contributed by atoms with Gasteiger partial charge in [-0.3, -0.25) is 4.79 Å². The lowest BCUT2D eigenvalue weighted by molar-refractivity contribution is -0.123. The van der Waals surface area contributed by atoms with Gasteiger partial charge in [0.2, 0.25) is 0 Å². The van der Waals surface area contributed by atoms with Crippen LogP contribution in [0.3, 0.4) is 0 Å². The maximum atomic E-state index is 14.9. The van der Waals surface area contributed by atoms with Crippen molar-refractivity contribution in [1.82, 2.24) is 0 Å². The number of ether oxygens (including phenoxy) is 1. The van der Waals surface area contributed by atoms with Gasteiger partial charge in [0, 0.05) is 23.8 Å². The van der Waals surface area contributed by atoms with Gasteiger partial charge in [-0.05, 0) is 42.8 Å². The number of Topliss-reactive ketones (excluding diaryl/α,β-unsaturated/α-hetero) is 1. The van der Waals surface area contributed by atoms with Crippen LogP contribution < -0.4 is 4.74 Å². The highest BCUT2D eigenvalue weighted by Crippen LogP contribution is 2.55. The molecule has 0 spiro atoms. The number of rotatable bonds is 2. The van der Waals surface area contributed by atoms with Gasteiger partial charge in [0.1, 0.15) is 16.3 Å². The molecule has 8 heteroatoms. The third-order valence-electron chi connectivity index (χ3n) is 5.42. The van der Waals surface area contributed by atoms with Gasteiger partial charge in [-0.1, -0.05) is 11.6 Å². The fraction of sp³-hybridized carbons (Fsp3) is 0.316. The summed E-state index contributed by atoms with van der Waals surface area (Å²) in [5, 5.41) is 0.353. The topological polar surface area (TPSA) is 60.4 Å². The van der Waals surface area contributed by atoms with Crippen molar-refractivity contribution in [3.8, 4) is 5.75 Å². The van der Waals surface area contributed by atoms with Crippen LogP contribution in [0.1, 0.15) is 24.8 Å². The van der Waals surface area contributed by atoms with E-state index in [1.165, 1.54) is 24.3 Å². The predicted octanol–water partition coefficient (Wildman–Crippen LogP) is 4.05. The Morgan fingerprint density at radius 2 is 1.74 bits per heavy atom. The summed E-state index contributed by atoms with van der Waals surface area (Å²) in [7, 11) is -4.17. The molecule has 1 fully saturated rings. The van der Waals surface area contributed by atoms with Gasteiger partial charge < -0.3 is 4.74 Å². The van der Waals surface area contributed by atoms with Crippen LogP contribution in [0.25, 0.3) is 0 Å². The van der Waals surface area contributed by atoms with Crippen molar-refractivity contribution in [2.24, 2.45) is 5.92 Å². The lowest BCUT2D eigenvalue weighted by atomic mass is 9.72. The summed E-state index contributed by atoms with van der Waals surface area (Å²) in [6.07, 6.45) is -0.223. The minimum Gasteiger partial charge on any atom is -0.490 e. The van der Waals surface area contributed by atoms with Crippen LogP contribution in [0.15, 0.2) is 41.3 Å². The molecule has 0 saturated heterocycles. The fourth-order valence-electron chi connectivity index (χ4n) is 4.16. The highest BCUT2D eigenvalue weighted by atomic mass is 35.5. The predicted molar refractivity (Wildman–Crippen MR) is 94.5 cm³/mol. The summed E-state index contributed by atoms with van der Waals surface area (Å²) < 4.78 is 60.2. The second-order valence-corrected chi connectivity index (χ2v) is 9.47. The van der Waals surface area contributed by atoms with Gasteiger partial charge >= 0.3 is 0 Å². The van der Waals surface area contributed by atoms with E-state index in [1.807, 2.05) is 0 Å². The summed E-state index contributed by atoms with van der Waals surface area (Å²) in [6.45, 7) is -0.175. The molecule has 0 radical (unpaired) electrons. The molecular formula is C19H15ClF2O4S. The molecule has 2 aromatic carbocycles. The number of fused-ring (bicyclic) bond motifs is 3. The molecule has 27 heavy (non-hydrogen) atoms. The van der Waals surface area contributed by atoms with Crippen molar-refractivity contribution in [3.63, 3.8) is 0 Å². The van der Waals surface area contributed by atoms with Gasteiger partial charge in [-0.2, -0.15) is 0 Å². The average Bonchev–Trinajstić information content (AvgIpc) is 2.64. The van der Waals surface area contributed by atoms with E-state index in [-0.39, 0.29) is 42.1 Å². The van der Waals surface area contributed by atoms with Crippen molar-refractivity contribution >= 4 is 27.2 Å². The maximum Gasteiger partial charge on any atom is 0.188 e. The summed E-state index contributed by atoms with van der Waals surface area (Å²) >= 11 is 5.86. The van der Waals surface area contributed by atoms with E-state index >= 15 is 0 Å². The molecule has 1 aliphatic carbocycles. The number of benzene rings is 2. The van der Waals surface area contributed by atoms with Crippen LogP contribution in [0, 0.1) is 17.6 Å². The average molecular weight is 413 g/mol. The molecule has 1 saturated carbocycles. The van der Waals surface area contributed by atoms with Crippen LogP contribution in [0.2, 0.25) is 5.02 Å². The van der Waals surface area contributed by atoms with Crippen LogP contribution in [0.4, 0.5) is 8.78 Å². The van der Waals surface area contributed by atoms with Gasteiger partial charge in [0.05, 0.1) is 17.1 Å². The summed E-state index contributed by atoms with van der Waals surface area (Å²) in [5.41, 5.74) is -0.318. The molecule has 2 aliphatic rings. The number of hydrogen-bond acceptors (Lipinski definition) is 4. The molecule has 1 heterocycles. The maximum absolute atomic E-state index is 14.9. The Balaban J connectivity index is 2.03. The molecule has 2 aromatic rings. The first-order valence-electron chi connectivity index (χ1n) is 8.40. The molecule has 1 aliphatic heterocycles. The zero-order valence-corrected chi connectivity index (χ0v) is 15.6. The van der Waals surface area contributed by atoms with Crippen LogP contribution in [-0.4, -0.2) is 20.8 Å². The van der Waals surface area contributed by atoms with Crippen molar-refractivity contribution in [2.75, 3.05) is 6.61 Å². The highest BCUT2D eigenvalue weighted by molar-refractivity contribution is 7.92. The third-order valence-corrected chi connectivity index (χ3v) is 8.27. The molecule has 0 amide bonds. The van der Waals surface area contributed by atoms with Gasteiger partial charge in [-0.15, -0.1) is 0 Å². The fourth-order valence-corrected chi connectivity index (χ4v) is 6.62. The number of sulfone groups is 1. The smallest absolute Gasteiger partial charge is 0.188 e. The van der Waals surface area contributed by atoms with Gasteiger partial charge in [0.25, 0.3) is 0 Å². The second kappa shape index (κ2) is 6.27. The zero-order chi connectivity index (χ0) is 19.4. The molecular weight excluding hydrogens is 398 g/mol. The Bertz CT molecular complexity index is 1040. The molecule has 142 valence electrons. The lowest BCUT2D eigenvalue weighted by Crippen LogP contribution is -2.52. The number of carbonyl (C=O) groups excluding carboxylic acids is 1. The number of ketones is 1. The third kappa shape index (κ3) is 2.59. The van der Waals surface area contributed by atoms with E-state index in [2.05, 4.69) is 0 Å². The van der Waals surface area contributed by atoms with Crippen molar-refractivity contribution in [1.29, 1.82) is 0 Å². The Kier molecular flexibility index (Phi) is 4.27. The first-order valence-corrected chi connectivity index (χ1v) is 10.3. The van der Waals surface area contributed by atoms with Crippen molar-refractivity contribution < 1.29 is 26.7 Å². The molecule has 0 bridgehead atoms.